The normalized spacial score (nSPS) is 10.7. The van der Waals surface area contributed by atoms with Gasteiger partial charge in [0.2, 0.25) is 0 Å². The molecule has 0 aliphatic rings. The fourth-order valence-corrected chi connectivity index (χ4v) is 3.12. The van der Waals surface area contributed by atoms with E-state index < -0.39 is 6.09 Å². The summed E-state index contributed by atoms with van der Waals surface area (Å²) in [6.07, 6.45) is -0.544. The molecule has 0 saturated carbocycles. The number of carbonyl (C=O) groups is 2. The number of hydrogen-bond donors (Lipinski definition) is 2. The van der Waals surface area contributed by atoms with Crippen molar-refractivity contribution >= 4 is 22.8 Å². The quantitative estimate of drug-likeness (QED) is 0.567. The monoisotopic (exact) mass is 406 g/mol. The Morgan fingerprint density at radius 3 is 2.37 bits per heavy atom. The molecule has 0 atom stereocenters. The van der Waals surface area contributed by atoms with Gasteiger partial charge in [0, 0.05) is 18.7 Å². The van der Waals surface area contributed by atoms with Gasteiger partial charge in [-0.2, -0.15) is 0 Å². The van der Waals surface area contributed by atoms with Crippen molar-refractivity contribution < 1.29 is 19.1 Å². The molecule has 0 radical (unpaired) electrons. The third-order valence-corrected chi connectivity index (χ3v) is 4.73. The van der Waals surface area contributed by atoms with E-state index in [4.69, 9.17) is 9.47 Å². The summed E-state index contributed by atoms with van der Waals surface area (Å²) in [7, 11) is 1.62. The highest BCUT2D eigenvalue weighted by atomic mass is 16.6. The molecule has 0 bridgehead atoms. The first-order valence-electron chi connectivity index (χ1n) is 9.88. The molecule has 3 aromatic rings. The summed E-state index contributed by atoms with van der Waals surface area (Å²) in [5.74, 6) is 1.36. The van der Waals surface area contributed by atoms with Crippen LogP contribution in [0.15, 0.2) is 60.7 Å². The van der Waals surface area contributed by atoms with Crippen LogP contribution in [0.3, 0.4) is 0 Å². The molecule has 0 unspecified atom stereocenters. The highest BCUT2D eigenvalue weighted by molar-refractivity contribution is 5.98. The highest BCUT2D eigenvalue weighted by Gasteiger charge is 2.11. The molecule has 2 amide bonds. The fraction of sp³-hybridized carbons (Fsp3) is 0.250. The Balaban J connectivity index is 1.49. The summed E-state index contributed by atoms with van der Waals surface area (Å²) >= 11 is 0. The minimum absolute atomic E-state index is 0.201. The Hall–Kier alpha value is -3.54. The van der Waals surface area contributed by atoms with Gasteiger partial charge in [0.15, 0.2) is 0 Å². The maximum absolute atomic E-state index is 12.4. The average molecular weight is 406 g/mol. The summed E-state index contributed by atoms with van der Waals surface area (Å²) in [6.45, 7) is 4.64. The van der Waals surface area contributed by atoms with Crippen LogP contribution in [0.1, 0.15) is 35.7 Å². The Kier molecular flexibility index (Phi) is 6.91. The fourth-order valence-electron chi connectivity index (χ4n) is 3.12. The van der Waals surface area contributed by atoms with Crippen molar-refractivity contribution in [3.63, 3.8) is 0 Å². The lowest BCUT2D eigenvalue weighted by Gasteiger charge is -2.13. The van der Waals surface area contributed by atoms with Gasteiger partial charge in [0.1, 0.15) is 11.5 Å². The molecule has 0 aliphatic heterocycles. The molecule has 6 nitrogen and oxygen atoms in total. The maximum atomic E-state index is 12.4. The van der Waals surface area contributed by atoms with E-state index in [1.54, 1.807) is 19.2 Å². The molecule has 0 aliphatic carbocycles. The number of methoxy groups -OCH3 is 1. The van der Waals surface area contributed by atoms with Crippen molar-refractivity contribution in [3.8, 4) is 11.5 Å². The molecule has 0 aromatic heterocycles. The van der Waals surface area contributed by atoms with Gasteiger partial charge in [-0.15, -0.1) is 0 Å². The second-order valence-corrected chi connectivity index (χ2v) is 7.19. The number of hydrogen-bond acceptors (Lipinski definition) is 4. The second-order valence-electron chi connectivity index (χ2n) is 7.19. The zero-order chi connectivity index (χ0) is 21.5. The van der Waals surface area contributed by atoms with Crippen LogP contribution in [0.5, 0.6) is 11.5 Å². The SMILES string of the molecule is COc1ccc2cc(C(=O)NCCNC(=O)Oc3ccccc3C(C)C)ccc2c1. The van der Waals surface area contributed by atoms with Crippen LogP contribution in [0, 0.1) is 0 Å². The second kappa shape index (κ2) is 9.78. The predicted molar refractivity (Wildman–Crippen MR) is 117 cm³/mol. The average Bonchev–Trinajstić information content (AvgIpc) is 2.76. The van der Waals surface area contributed by atoms with Crippen LogP contribution in [0.2, 0.25) is 0 Å². The molecular formula is C24H26N2O4. The van der Waals surface area contributed by atoms with Gasteiger partial charge in [-0.3, -0.25) is 4.79 Å². The number of fused-ring (bicyclic) bond motifs is 1. The Morgan fingerprint density at radius 1 is 0.900 bits per heavy atom. The van der Waals surface area contributed by atoms with Gasteiger partial charge < -0.3 is 20.1 Å². The third-order valence-electron chi connectivity index (χ3n) is 4.73. The van der Waals surface area contributed by atoms with Crippen LogP contribution in [-0.2, 0) is 0 Å². The number of amides is 2. The summed E-state index contributed by atoms with van der Waals surface area (Å²) in [5, 5.41) is 7.41. The van der Waals surface area contributed by atoms with Crippen molar-refractivity contribution in [2.75, 3.05) is 20.2 Å². The summed E-state index contributed by atoms with van der Waals surface area (Å²) < 4.78 is 10.6. The van der Waals surface area contributed by atoms with E-state index in [-0.39, 0.29) is 18.4 Å². The van der Waals surface area contributed by atoms with Crippen molar-refractivity contribution in [3.05, 3.63) is 71.8 Å². The van der Waals surface area contributed by atoms with E-state index in [2.05, 4.69) is 10.6 Å². The molecule has 0 fully saturated rings. The first-order chi connectivity index (χ1) is 14.5. The minimum atomic E-state index is -0.544. The van der Waals surface area contributed by atoms with E-state index in [0.29, 0.717) is 17.9 Å². The number of nitrogens with one attached hydrogen (secondary N) is 2. The number of ether oxygens (including phenoxy) is 2. The van der Waals surface area contributed by atoms with Crippen molar-refractivity contribution in [1.82, 2.24) is 10.6 Å². The van der Waals surface area contributed by atoms with E-state index in [1.807, 2.05) is 62.4 Å². The first-order valence-corrected chi connectivity index (χ1v) is 9.88. The molecule has 30 heavy (non-hydrogen) atoms. The van der Waals surface area contributed by atoms with Gasteiger partial charge in [-0.1, -0.05) is 44.2 Å². The highest BCUT2D eigenvalue weighted by Crippen LogP contribution is 2.26. The predicted octanol–water partition coefficient (Wildman–Crippen LogP) is 4.49. The first kappa shape index (κ1) is 21.2. The van der Waals surface area contributed by atoms with Gasteiger partial charge in [0.05, 0.1) is 7.11 Å². The Labute approximate surface area is 176 Å². The Morgan fingerprint density at radius 2 is 1.60 bits per heavy atom. The van der Waals surface area contributed by atoms with E-state index >= 15 is 0 Å². The van der Waals surface area contributed by atoms with Gasteiger partial charge >= 0.3 is 6.09 Å². The van der Waals surface area contributed by atoms with Crippen LogP contribution >= 0.6 is 0 Å². The summed E-state index contributed by atoms with van der Waals surface area (Å²) in [4.78, 5) is 24.4. The van der Waals surface area contributed by atoms with Gasteiger partial charge in [-0.25, -0.2) is 4.79 Å². The van der Waals surface area contributed by atoms with E-state index in [0.717, 1.165) is 22.1 Å². The van der Waals surface area contributed by atoms with Crippen LogP contribution in [0.4, 0.5) is 4.79 Å². The van der Waals surface area contributed by atoms with Crippen LogP contribution in [0.25, 0.3) is 10.8 Å². The molecular weight excluding hydrogens is 380 g/mol. The number of benzene rings is 3. The number of rotatable bonds is 7. The van der Waals surface area contributed by atoms with Gasteiger partial charge in [-0.05, 0) is 52.6 Å². The lowest BCUT2D eigenvalue weighted by Crippen LogP contribution is -2.36. The smallest absolute Gasteiger partial charge is 0.412 e. The van der Waals surface area contributed by atoms with E-state index in [1.165, 1.54) is 0 Å². The molecule has 3 rings (SSSR count). The molecule has 3 aromatic carbocycles. The summed E-state index contributed by atoms with van der Waals surface area (Å²) in [5.41, 5.74) is 1.52. The zero-order valence-electron chi connectivity index (χ0n) is 17.4. The van der Waals surface area contributed by atoms with Crippen LogP contribution < -0.4 is 20.1 Å². The lowest BCUT2D eigenvalue weighted by molar-refractivity contribution is 0.0953. The maximum Gasteiger partial charge on any atom is 0.412 e. The standard InChI is InChI=1S/C24H26N2O4/c1-16(2)21-6-4-5-7-22(21)30-24(28)26-13-12-25-23(27)19-9-8-18-15-20(29-3)11-10-17(18)14-19/h4-11,14-16H,12-13H2,1-3H3,(H,25,27)(H,26,28). The Bertz CT molecular complexity index is 1050. The molecule has 0 saturated heterocycles. The lowest BCUT2D eigenvalue weighted by atomic mass is 10.0. The number of para-hydroxylation sites is 1. The van der Waals surface area contributed by atoms with Crippen molar-refractivity contribution in [1.29, 1.82) is 0 Å². The topological polar surface area (TPSA) is 76.7 Å². The van der Waals surface area contributed by atoms with Crippen molar-refractivity contribution in [2.24, 2.45) is 0 Å². The van der Waals surface area contributed by atoms with E-state index in [9.17, 15) is 9.59 Å². The molecule has 0 heterocycles. The molecule has 6 heteroatoms. The molecule has 156 valence electrons. The third kappa shape index (κ3) is 5.29. The van der Waals surface area contributed by atoms with Crippen LogP contribution in [-0.4, -0.2) is 32.2 Å². The van der Waals surface area contributed by atoms with Crippen molar-refractivity contribution in [2.45, 2.75) is 19.8 Å². The minimum Gasteiger partial charge on any atom is -0.497 e. The number of carbonyl (C=O) groups excluding carboxylic acids is 2. The zero-order valence-corrected chi connectivity index (χ0v) is 17.4. The summed E-state index contributed by atoms with van der Waals surface area (Å²) in [6, 6.07) is 18.6. The molecule has 0 spiro atoms. The van der Waals surface area contributed by atoms with Gasteiger partial charge in [0.25, 0.3) is 5.91 Å². The molecule has 2 N–H and O–H groups in total. The largest absolute Gasteiger partial charge is 0.497 e.